The van der Waals surface area contributed by atoms with E-state index < -0.39 is 10.0 Å². The van der Waals surface area contributed by atoms with Crippen molar-refractivity contribution in [2.45, 2.75) is 45.1 Å². The third-order valence-electron chi connectivity index (χ3n) is 5.39. The first kappa shape index (κ1) is 22.6. The maximum absolute atomic E-state index is 12.9. The minimum Gasteiger partial charge on any atom is -0.346 e. The van der Waals surface area contributed by atoms with E-state index in [1.54, 1.807) is 49.4 Å². The second kappa shape index (κ2) is 9.35. The lowest BCUT2D eigenvalue weighted by Crippen LogP contribution is -2.27. The molecule has 1 amide bonds. The van der Waals surface area contributed by atoms with Gasteiger partial charge in [-0.05, 0) is 68.1 Å². The van der Waals surface area contributed by atoms with Gasteiger partial charge in [0.15, 0.2) is 0 Å². The highest BCUT2D eigenvalue weighted by molar-refractivity contribution is 7.92. The Labute approximate surface area is 184 Å². The Hall–Kier alpha value is -3.12. The molecule has 2 N–H and O–H groups in total. The van der Waals surface area contributed by atoms with Gasteiger partial charge in [-0.1, -0.05) is 55.0 Å². The second-order valence-electron chi connectivity index (χ2n) is 7.69. The number of carbonyl (C=O) groups excluding carboxylic acids is 1. The van der Waals surface area contributed by atoms with Crippen molar-refractivity contribution < 1.29 is 13.2 Å². The monoisotopic (exact) mass is 436 g/mol. The van der Waals surface area contributed by atoms with Gasteiger partial charge < -0.3 is 5.32 Å². The number of benzene rings is 3. The highest BCUT2D eigenvalue weighted by Gasteiger charge is 2.19. The van der Waals surface area contributed by atoms with E-state index in [1.807, 2.05) is 26.0 Å². The molecule has 0 aliphatic rings. The van der Waals surface area contributed by atoms with Crippen LogP contribution in [0.4, 0.5) is 5.69 Å². The number of rotatable bonds is 7. The Kier molecular flexibility index (Phi) is 6.81. The summed E-state index contributed by atoms with van der Waals surface area (Å²) in [5.41, 5.74) is 4.62. The van der Waals surface area contributed by atoms with Gasteiger partial charge in [-0.25, -0.2) is 8.42 Å². The van der Waals surface area contributed by atoms with Crippen LogP contribution in [0.2, 0.25) is 0 Å². The predicted octanol–water partition coefficient (Wildman–Crippen LogP) is 5.16. The molecule has 0 aromatic heterocycles. The summed E-state index contributed by atoms with van der Waals surface area (Å²) in [6.07, 6.45) is 0.964. The van der Waals surface area contributed by atoms with Crippen LogP contribution in [0.3, 0.4) is 0 Å². The van der Waals surface area contributed by atoms with E-state index in [2.05, 4.69) is 29.1 Å². The van der Waals surface area contributed by atoms with Crippen LogP contribution in [0.15, 0.2) is 71.6 Å². The van der Waals surface area contributed by atoms with E-state index in [1.165, 1.54) is 5.56 Å². The quantitative estimate of drug-likeness (QED) is 0.537. The number of nitrogens with one attached hydrogen (secondary N) is 2. The highest BCUT2D eigenvalue weighted by atomic mass is 32.2. The van der Waals surface area contributed by atoms with Gasteiger partial charge in [-0.15, -0.1) is 0 Å². The van der Waals surface area contributed by atoms with E-state index in [0.29, 0.717) is 16.8 Å². The van der Waals surface area contributed by atoms with Crippen LogP contribution in [-0.2, 0) is 16.4 Å². The van der Waals surface area contributed by atoms with Crippen molar-refractivity contribution in [1.29, 1.82) is 0 Å². The van der Waals surface area contributed by atoms with Crippen molar-refractivity contribution in [1.82, 2.24) is 5.32 Å². The van der Waals surface area contributed by atoms with E-state index in [9.17, 15) is 13.2 Å². The van der Waals surface area contributed by atoms with Crippen molar-refractivity contribution in [3.05, 3.63) is 94.5 Å². The van der Waals surface area contributed by atoms with Gasteiger partial charge in [-0.3, -0.25) is 9.52 Å². The third-order valence-corrected chi connectivity index (χ3v) is 6.77. The normalized spacial score (nSPS) is 12.3. The Bertz CT molecular complexity index is 1170. The van der Waals surface area contributed by atoms with Gasteiger partial charge in [0.2, 0.25) is 0 Å². The molecular formula is C25H28N2O3S. The summed E-state index contributed by atoms with van der Waals surface area (Å²) in [5, 5.41) is 3.00. The molecule has 31 heavy (non-hydrogen) atoms. The van der Waals surface area contributed by atoms with Crippen LogP contribution in [0.5, 0.6) is 0 Å². The van der Waals surface area contributed by atoms with Gasteiger partial charge in [-0.2, -0.15) is 0 Å². The second-order valence-corrected chi connectivity index (χ2v) is 9.37. The molecule has 1 atom stereocenters. The summed E-state index contributed by atoms with van der Waals surface area (Å²) >= 11 is 0. The molecule has 0 saturated heterocycles. The average molecular weight is 437 g/mol. The van der Waals surface area contributed by atoms with Gasteiger partial charge >= 0.3 is 0 Å². The van der Waals surface area contributed by atoms with Crippen LogP contribution in [0.1, 0.15) is 52.5 Å². The van der Waals surface area contributed by atoms with Gasteiger partial charge in [0.1, 0.15) is 0 Å². The number of hydrogen-bond donors (Lipinski definition) is 2. The van der Waals surface area contributed by atoms with Crippen LogP contribution in [0.25, 0.3) is 0 Å². The average Bonchev–Trinajstić information content (AvgIpc) is 2.75. The lowest BCUT2D eigenvalue weighted by Gasteiger charge is -2.17. The number of hydrogen-bond acceptors (Lipinski definition) is 3. The van der Waals surface area contributed by atoms with Crippen molar-refractivity contribution in [2.24, 2.45) is 0 Å². The summed E-state index contributed by atoms with van der Waals surface area (Å²) in [4.78, 5) is 13.1. The summed E-state index contributed by atoms with van der Waals surface area (Å²) in [6, 6.07) is 19.6. The minimum absolute atomic E-state index is 0.175. The first-order chi connectivity index (χ1) is 14.7. The maximum Gasteiger partial charge on any atom is 0.261 e. The number of sulfonamides is 1. The summed E-state index contributed by atoms with van der Waals surface area (Å²) in [7, 11) is -3.75. The molecule has 0 bridgehead atoms. The van der Waals surface area contributed by atoms with E-state index in [-0.39, 0.29) is 16.8 Å². The smallest absolute Gasteiger partial charge is 0.261 e. The first-order valence-electron chi connectivity index (χ1n) is 10.3. The molecule has 162 valence electrons. The first-order valence-corrected chi connectivity index (χ1v) is 11.8. The summed E-state index contributed by atoms with van der Waals surface area (Å²) in [5.74, 6) is -0.249. The fourth-order valence-electron chi connectivity index (χ4n) is 3.31. The van der Waals surface area contributed by atoms with Gasteiger partial charge in [0, 0.05) is 5.56 Å². The van der Waals surface area contributed by atoms with E-state index in [0.717, 1.165) is 17.5 Å². The van der Waals surface area contributed by atoms with Crippen molar-refractivity contribution in [3.63, 3.8) is 0 Å². The standard InChI is InChI=1S/C25H28N2O3S/c1-5-20-11-13-21(14-12-20)19(4)26-25(28)23-7-6-8-24(18(23)3)27-31(29,30)22-15-9-17(2)10-16-22/h6-16,19,27H,5H2,1-4H3,(H,26,28)/t19-/m1/s1. The van der Waals surface area contributed by atoms with Crippen LogP contribution in [0, 0.1) is 13.8 Å². The fourth-order valence-corrected chi connectivity index (χ4v) is 4.44. The van der Waals surface area contributed by atoms with Crippen molar-refractivity contribution >= 4 is 21.6 Å². The van der Waals surface area contributed by atoms with Crippen LogP contribution < -0.4 is 10.0 Å². The molecule has 0 heterocycles. The zero-order valence-corrected chi connectivity index (χ0v) is 19.1. The Morgan fingerprint density at radius 2 is 1.58 bits per heavy atom. The Morgan fingerprint density at radius 1 is 0.935 bits per heavy atom. The molecule has 0 unspecified atom stereocenters. The van der Waals surface area contributed by atoms with Crippen molar-refractivity contribution in [2.75, 3.05) is 4.72 Å². The molecule has 0 saturated carbocycles. The lowest BCUT2D eigenvalue weighted by atomic mass is 10.0. The number of aryl methyl sites for hydroxylation is 2. The van der Waals surface area contributed by atoms with Gasteiger partial charge in [0.25, 0.3) is 15.9 Å². The maximum atomic E-state index is 12.9. The molecule has 5 nitrogen and oxygen atoms in total. The van der Waals surface area contributed by atoms with Crippen LogP contribution in [-0.4, -0.2) is 14.3 Å². The Morgan fingerprint density at radius 3 is 2.19 bits per heavy atom. The minimum atomic E-state index is -3.75. The molecule has 0 radical (unpaired) electrons. The predicted molar refractivity (Wildman–Crippen MR) is 125 cm³/mol. The summed E-state index contributed by atoms with van der Waals surface area (Å²) < 4.78 is 28.1. The lowest BCUT2D eigenvalue weighted by molar-refractivity contribution is 0.0939. The largest absolute Gasteiger partial charge is 0.346 e. The van der Waals surface area contributed by atoms with E-state index >= 15 is 0 Å². The molecule has 0 spiro atoms. The zero-order valence-electron chi connectivity index (χ0n) is 18.3. The molecule has 0 aliphatic carbocycles. The number of anilines is 1. The molecule has 6 heteroatoms. The zero-order chi connectivity index (χ0) is 22.6. The van der Waals surface area contributed by atoms with Crippen LogP contribution >= 0.6 is 0 Å². The molecule has 3 aromatic carbocycles. The highest BCUT2D eigenvalue weighted by Crippen LogP contribution is 2.24. The fraction of sp³-hybridized carbons (Fsp3) is 0.240. The third kappa shape index (κ3) is 5.33. The van der Waals surface area contributed by atoms with E-state index in [4.69, 9.17) is 0 Å². The number of amides is 1. The summed E-state index contributed by atoms with van der Waals surface area (Å²) in [6.45, 7) is 7.67. The molecule has 0 fully saturated rings. The van der Waals surface area contributed by atoms with Gasteiger partial charge in [0.05, 0.1) is 16.6 Å². The number of carbonyl (C=O) groups is 1. The molecule has 3 rings (SSSR count). The molecule has 0 aliphatic heterocycles. The Balaban J connectivity index is 1.79. The van der Waals surface area contributed by atoms with Crippen molar-refractivity contribution in [3.8, 4) is 0 Å². The molecular weight excluding hydrogens is 408 g/mol. The topological polar surface area (TPSA) is 75.3 Å². The molecule has 3 aromatic rings. The SMILES string of the molecule is CCc1ccc([C@@H](C)NC(=O)c2cccc(NS(=O)(=O)c3ccc(C)cc3)c2C)cc1.